The van der Waals surface area contributed by atoms with Gasteiger partial charge in [0.05, 0.1) is 11.5 Å². The van der Waals surface area contributed by atoms with Gasteiger partial charge in [0.25, 0.3) is 0 Å². The summed E-state index contributed by atoms with van der Waals surface area (Å²) in [6.45, 7) is 3.56. The first-order valence-electron chi connectivity index (χ1n) is 5.93. The van der Waals surface area contributed by atoms with Crippen LogP contribution in [-0.4, -0.2) is 60.4 Å². The molecule has 6 nitrogen and oxygen atoms in total. The van der Waals surface area contributed by atoms with Gasteiger partial charge in [0.15, 0.2) is 0 Å². The Kier molecular flexibility index (Phi) is 3.76. The molecule has 102 valence electrons. The molecular formula is C11H19N3O3S. The Morgan fingerprint density at radius 2 is 2.22 bits per heavy atom. The zero-order valence-electron chi connectivity index (χ0n) is 10.6. The molecule has 0 aromatic carbocycles. The van der Waals surface area contributed by atoms with E-state index in [-0.39, 0.29) is 17.5 Å². The number of likely N-dealkylation sites (N-methyl/N-ethyl adjacent to an activating group) is 1. The Labute approximate surface area is 107 Å². The Balaban J connectivity index is 2.21. The molecule has 0 spiro atoms. The highest BCUT2D eigenvalue weighted by Gasteiger charge is 2.31. The van der Waals surface area contributed by atoms with Crippen molar-refractivity contribution in [2.24, 2.45) is 0 Å². The maximum Gasteiger partial charge on any atom is 0.244 e. The number of sulfonamides is 1. The molecule has 0 bridgehead atoms. The van der Waals surface area contributed by atoms with E-state index in [0.29, 0.717) is 18.8 Å². The Morgan fingerprint density at radius 1 is 1.50 bits per heavy atom. The Bertz CT molecular complexity index is 511. The third-order valence-electron chi connectivity index (χ3n) is 3.45. The number of aromatic nitrogens is 1. The Morgan fingerprint density at radius 3 is 2.78 bits per heavy atom. The zero-order valence-corrected chi connectivity index (χ0v) is 11.4. The highest BCUT2D eigenvalue weighted by Crippen LogP contribution is 2.20. The lowest BCUT2D eigenvalue weighted by Crippen LogP contribution is -2.51. The molecule has 0 aliphatic carbocycles. The van der Waals surface area contributed by atoms with Gasteiger partial charge in [-0.05, 0) is 20.0 Å². The lowest BCUT2D eigenvalue weighted by Gasteiger charge is -2.36. The van der Waals surface area contributed by atoms with Crippen molar-refractivity contribution in [3.8, 4) is 0 Å². The number of hydrogen-bond acceptors (Lipinski definition) is 4. The van der Waals surface area contributed by atoms with E-state index in [1.54, 1.807) is 0 Å². The molecule has 1 aromatic rings. The van der Waals surface area contributed by atoms with Crippen LogP contribution in [0.25, 0.3) is 0 Å². The van der Waals surface area contributed by atoms with E-state index in [1.165, 1.54) is 16.6 Å². The molecule has 0 amide bonds. The smallest absolute Gasteiger partial charge is 0.244 e. The number of hydrogen-bond donors (Lipinski definition) is 2. The minimum atomic E-state index is -3.44. The van der Waals surface area contributed by atoms with Gasteiger partial charge < -0.3 is 15.0 Å². The van der Waals surface area contributed by atoms with Crippen molar-refractivity contribution < 1.29 is 13.5 Å². The van der Waals surface area contributed by atoms with E-state index in [4.69, 9.17) is 5.11 Å². The Hall–Kier alpha value is -0.890. The molecule has 7 heteroatoms. The van der Waals surface area contributed by atoms with Gasteiger partial charge in [0.1, 0.15) is 0 Å². The van der Waals surface area contributed by atoms with E-state index in [9.17, 15) is 8.42 Å². The minimum absolute atomic E-state index is 0.186. The van der Waals surface area contributed by atoms with E-state index >= 15 is 0 Å². The normalized spacial score (nSPS) is 23.4. The van der Waals surface area contributed by atoms with Crippen molar-refractivity contribution in [2.75, 3.05) is 26.7 Å². The third-order valence-corrected chi connectivity index (χ3v) is 5.29. The summed E-state index contributed by atoms with van der Waals surface area (Å²) in [6, 6.07) is 1.70. The number of nitrogens with zero attached hydrogens (tertiary/aromatic N) is 2. The second kappa shape index (κ2) is 5.00. The molecule has 18 heavy (non-hydrogen) atoms. The summed E-state index contributed by atoms with van der Waals surface area (Å²) in [5.74, 6) is 0. The van der Waals surface area contributed by atoms with Crippen LogP contribution in [0.3, 0.4) is 0 Å². The number of rotatable bonds is 3. The highest BCUT2D eigenvalue weighted by molar-refractivity contribution is 7.89. The fourth-order valence-electron chi connectivity index (χ4n) is 2.04. The van der Waals surface area contributed by atoms with Crippen LogP contribution < -0.4 is 0 Å². The molecule has 1 saturated heterocycles. The van der Waals surface area contributed by atoms with Crippen LogP contribution in [0.5, 0.6) is 0 Å². The maximum atomic E-state index is 12.4. The molecule has 1 unspecified atom stereocenters. The topological polar surface area (TPSA) is 76.6 Å². The van der Waals surface area contributed by atoms with Gasteiger partial charge in [-0.3, -0.25) is 0 Å². The summed E-state index contributed by atoms with van der Waals surface area (Å²) < 4.78 is 26.3. The average Bonchev–Trinajstić information content (AvgIpc) is 2.81. The monoisotopic (exact) mass is 273 g/mol. The van der Waals surface area contributed by atoms with Gasteiger partial charge in [-0.2, -0.15) is 4.31 Å². The van der Waals surface area contributed by atoms with E-state index < -0.39 is 10.0 Å². The number of aromatic amines is 1. The molecule has 2 rings (SSSR count). The number of H-pyrrole nitrogens is 1. The van der Waals surface area contributed by atoms with Crippen molar-refractivity contribution in [2.45, 2.75) is 24.5 Å². The third kappa shape index (κ3) is 2.44. The largest absolute Gasteiger partial charge is 0.390 e. The van der Waals surface area contributed by atoms with E-state index in [2.05, 4.69) is 9.88 Å². The van der Waals surface area contributed by atoms with Gasteiger partial charge in [-0.1, -0.05) is 0 Å². The standard InChI is InChI=1S/C11H19N3O3S/c1-9-7-14(4-3-13(9)2)18(16,17)11-5-10(8-15)12-6-11/h5-6,9,12,15H,3-4,7-8H2,1-2H3. The fourth-order valence-corrected chi connectivity index (χ4v) is 3.57. The molecule has 2 N–H and O–H groups in total. The highest BCUT2D eigenvalue weighted by atomic mass is 32.2. The average molecular weight is 273 g/mol. The van der Waals surface area contributed by atoms with Gasteiger partial charge in [0, 0.05) is 37.6 Å². The summed E-state index contributed by atoms with van der Waals surface area (Å²) in [5.41, 5.74) is 0.510. The van der Waals surface area contributed by atoms with Crippen LogP contribution in [-0.2, 0) is 16.6 Å². The van der Waals surface area contributed by atoms with Crippen molar-refractivity contribution in [1.82, 2.24) is 14.2 Å². The predicted molar refractivity (Wildman–Crippen MR) is 67.6 cm³/mol. The van der Waals surface area contributed by atoms with Crippen LogP contribution >= 0.6 is 0 Å². The summed E-state index contributed by atoms with van der Waals surface area (Å²) in [6.07, 6.45) is 1.43. The van der Waals surface area contributed by atoms with Crippen LogP contribution in [0, 0.1) is 0 Å². The first kappa shape index (κ1) is 13.5. The minimum Gasteiger partial charge on any atom is -0.390 e. The first-order valence-corrected chi connectivity index (χ1v) is 7.37. The molecule has 1 aromatic heterocycles. The van der Waals surface area contributed by atoms with Crippen molar-refractivity contribution in [3.05, 3.63) is 18.0 Å². The van der Waals surface area contributed by atoms with Crippen molar-refractivity contribution >= 4 is 10.0 Å². The van der Waals surface area contributed by atoms with Gasteiger partial charge in [-0.25, -0.2) is 8.42 Å². The summed E-state index contributed by atoms with van der Waals surface area (Å²) in [4.78, 5) is 5.12. The fraction of sp³-hybridized carbons (Fsp3) is 0.636. The van der Waals surface area contributed by atoms with Crippen LogP contribution in [0.2, 0.25) is 0 Å². The first-order chi connectivity index (χ1) is 8.45. The number of aliphatic hydroxyl groups excluding tert-OH is 1. The molecule has 1 atom stereocenters. The maximum absolute atomic E-state index is 12.4. The quantitative estimate of drug-likeness (QED) is 0.802. The van der Waals surface area contributed by atoms with Crippen molar-refractivity contribution in [3.63, 3.8) is 0 Å². The molecular weight excluding hydrogens is 254 g/mol. The number of piperazine rings is 1. The summed E-state index contributed by atoms with van der Waals surface area (Å²) in [5, 5.41) is 8.96. The SMILES string of the molecule is CC1CN(S(=O)(=O)c2c[nH]c(CO)c2)CCN1C. The molecule has 1 aliphatic heterocycles. The zero-order chi connectivity index (χ0) is 13.3. The molecule has 1 fully saturated rings. The molecule has 1 aliphatic rings. The second-order valence-electron chi connectivity index (χ2n) is 4.71. The lowest BCUT2D eigenvalue weighted by molar-refractivity contribution is 0.159. The number of aliphatic hydroxyl groups is 1. The number of nitrogens with one attached hydrogen (secondary N) is 1. The van der Waals surface area contributed by atoms with Gasteiger partial charge >= 0.3 is 0 Å². The van der Waals surface area contributed by atoms with Gasteiger partial charge in [0.2, 0.25) is 10.0 Å². The van der Waals surface area contributed by atoms with E-state index in [0.717, 1.165) is 6.54 Å². The molecule has 2 heterocycles. The van der Waals surface area contributed by atoms with E-state index in [1.807, 2.05) is 14.0 Å². The van der Waals surface area contributed by atoms with Crippen LogP contribution in [0.4, 0.5) is 0 Å². The predicted octanol–water partition coefficient (Wildman–Crippen LogP) is -0.168. The summed E-state index contributed by atoms with van der Waals surface area (Å²) in [7, 11) is -1.45. The molecule has 0 radical (unpaired) electrons. The van der Waals surface area contributed by atoms with Crippen LogP contribution in [0.15, 0.2) is 17.2 Å². The van der Waals surface area contributed by atoms with Crippen LogP contribution in [0.1, 0.15) is 12.6 Å². The molecule has 0 saturated carbocycles. The van der Waals surface area contributed by atoms with Crippen molar-refractivity contribution in [1.29, 1.82) is 0 Å². The van der Waals surface area contributed by atoms with Gasteiger partial charge in [-0.15, -0.1) is 0 Å². The lowest BCUT2D eigenvalue weighted by atomic mass is 10.2. The second-order valence-corrected chi connectivity index (χ2v) is 6.65. The summed E-state index contributed by atoms with van der Waals surface area (Å²) >= 11 is 0.